The van der Waals surface area contributed by atoms with Crippen molar-refractivity contribution in [1.29, 1.82) is 0 Å². The van der Waals surface area contributed by atoms with Crippen LogP contribution in [0.1, 0.15) is 37.0 Å². The molecule has 1 aliphatic rings. The Kier molecular flexibility index (Phi) is 3.75. The summed E-state index contributed by atoms with van der Waals surface area (Å²) in [5, 5.41) is 3.01. The van der Waals surface area contributed by atoms with Gasteiger partial charge in [0.05, 0.1) is 6.61 Å². The number of anilines is 1. The SMILES string of the molecule is CCOc1cccc(N)c1C(=O)NC1CC1CC. The summed E-state index contributed by atoms with van der Waals surface area (Å²) in [7, 11) is 0. The Morgan fingerprint density at radius 3 is 2.89 bits per heavy atom. The fourth-order valence-electron chi connectivity index (χ4n) is 2.18. The largest absolute Gasteiger partial charge is 0.493 e. The maximum absolute atomic E-state index is 12.2. The van der Waals surface area contributed by atoms with Crippen LogP contribution in [-0.2, 0) is 0 Å². The molecular weight excluding hydrogens is 228 g/mol. The highest BCUT2D eigenvalue weighted by Crippen LogP contribution is 2.34. The summed E-state index contributed by atoms with van der Waals surface area (Å²) in [5.74, 6) is 1.05. The second-order valence-electron chi connectivity index (χ2n) is 4.64. The molecule has 0 aromatic heterocycles. The van der Waals surface area contributed by atoms with Crippen molar-refractivity contribution in [2.75, 3.05) is 12.3 Å². The van der Waals surface area contributed by atoms with E-state index in [1.54, 1.807) is 18.2 Å². The first kappa shape index (κ1) is 12.7. The molecule has 0 saturated heterocycles. The molecule has 0 aliphatic heterocycles. The van der Waals surface area contributed by atoms with Gasteiger partial charge in [0.1, 0.15) is 11.3 Å². The quantitative estimate of drug-likeness (QED) is 0.785. The van der Waals surface area contributed by atoms with Crippen LogP contribution in [0.3, 0.4) is 0 Å². The molecule has 2 atom stereocenters. The van der Waals surface area contributed by atoms with E-state index < -0.39 is 0 Å². The molecular formula is C14H20N2O2. The molecule has 1 aliphatic carbocycles. The van der Waals surface area contributed by atoms with Gasteiger partial charge in [-0.2, -0.15) is 0 Å². The third kappa shape index (κ3) is 2.58. The molecule has 0 radical (unpaired) electrons. The highest BCUT2D eigenvalue weighted by molar-refractivity contribution is 6.02. The van der Waals surface area contributed by atoms with Gasteiger partial charge in [-0.3, -0.25) is 4.79 Å². The van der Waals surface area contributed by atoms with Crippen LogP contribution in [0, 0.1) is 5.92 Å². The number of rotatable bonds is 5. The summed E-state index contributed by atoms with van der Waals surface area (Å²) < 4.78 is 5.45. The molecule has 2 rings (SSSR count). The maximum atomic E-state index is 12.2. The molecule has 0 heterocycles. The minimum atomic E-state index is -0.127. The van der Waals surface area contributed by atoms with E-state index in [-0.39, 0.29) is 5.91 Å². The Bertz CT molecular complexity index is 445. The number of nitrogens with two attached hydrogens (primary N) is 1. The molecule has 4 heteroatoms. The third-order valence-corrected chi connectivity index (χ3v) is 3.35. The van der Waals surface area contributed by atoms with Gasteiger partial charge in [0.15, 0.2) is 0 Å². The van der Waals surface area contributed by atoms with Crippen molar-refractivity contribution >= 4 is 11.6 Å². The summed E-state index contributed by atoms with van der Waals surface area (Å²) in [5.41, 5.74) is 6.80. The lowest BCUT2D eigenvalue weighted by Gasteiger charge is -2.12. The van der Waals surface area contributed by atoms with Crippen LogP contribution in [-0.4, -0.2) is 18.6 Å². The Balaban J connectivity index is 2.13. The molecule has 1 saturated carbocycles. The number of benzene rings is 1. The van der Waals surface area contributed by atoms with E-state index in [1.165, 1.54) is 0 Å². The van der Waals surface area contributed by atoms with Gasteiger partial charge in [-0.25, -0.2) is 0 Å². The number of ether oxygens (including phenoxy) is 1. The maximum Gasteiger partial charge on any atom is 0.257 e. The first-order chi connectivity index (χ1) is 8.67. The molecule has 1 amide bonds. The normalized spacial score (nSPS) is 21.4. The fraction of sp³-hybridized carbons (Fsp3) is 0.500. The molecule has 2 unspecified atom stereocenters. The first-order valence-corrected chi connectivity index (χ1v) is 6.49. The Morgan fingerprint density at radius 1 is 1.50 bits per heavy atom. The molecule has 0 spiro atoms. The fourth-order valence-corrected chi connectivity index (χ4v) is 2.18. The van der Waals surface area contributed by atoms with Gasteiger partial charge in [0.2, 0.25) is 0 Å². The van der Waals surface area contributed by atoms with Crippen molar-refractivity contribution in [3.05, 3.63) is 23.8 Å². The smallest absolute Gasteiger partial charge is 0.257 e. The summed E-state index contributed by atoms with van der Waals surface area (Å²) in [6, 6.07) is 5.60. The number of hydrogen-bond acceptors (Lipinski definition) is 3. The molecule has 1 aromatic carbocycles. The summed E-state index contributed by atoms with van der Waals surface area (Å²) >= 11 is 0. The molecule has 18 heavy (non-hydrogen) atoms. The van der Waals surface area contributed by atoms with E-state index in [9.17, 15) is 4.79 Å². The van der Waals surface area contributed by atoms with E-state index in [1.807, 2.05) is 6.92 Å². The second-order valence-corrected chi connectivity index (χ2v) is 4.64. The lowest BCUT2D eigenvalue weighted by Crippen LogP contribution is -2.28. The zero-order valence-electron chi connectivity index (χ0n) is 10.9. The topological polar surface area (TPSA) is 64.3 Å². The predicted molar refractivity (Wildman–Crippen MR) is 71.7 cm³/mol. The average molecular weight is 248 g/mol. The van der Waals surface area contributed by atoms with Crippen LogP contribution in [0.15, 0.2) is 18.2 Å². The van der Waals surface area contributed by atoms with Crippen molar-refractivity contribution in [2.45, 2.75) is 32.7 Å². The number of carbonyl (C=O) groups excluding carboxylic acids is 1. The average Bonchev–Trinajstić information content (AvgIpc) is 3.08. The van der Waals surface area contributed by atoms with Crippen LogP contribution >= 0.6 is 0 Å². The number of hydrogen-bond donors (Lipinski definition) is 2. The molecule has 3 N–H and O–H groups in total. The highest BCUT2D eigenvalue weighted by atomic mass is 16.5. The van der Waals surface area contributed by atoms with Gasteiger partial charge in [-0.15, -0.1) is 0 Å². The first-order valence-electron chi connectivity index (χ1n) is 6.49. The Hall–Kier alpha value is -1.71. The van der Waals surface area contributed by atoms with Gasteiger partial charge < -0.3 is 15.8 Å². The third-order valence-electron chi connectivity index (χ3n) is 3.35. The van der Waals surface area contributed by atoms with Gasteiger partial charge in [0.25, 0.3) is 5.91 Å². The van der Waals surface area contributed by atoms with E-state index in [2.05, 4.69) is 12.2 Å². The Labute approximate surface area is 108 Å². The van der Waals surface area contributed by atoms with Crippen molar-refractivity contribution in [3.8, 4) is 5.75 Å². The van der Waals surface area contributed by atoms with Crippen molar-refractivity contribution in [2.24, 2.45) is 5.92 Å². The second kappa shape index (κ2) is 5.29. The van der Waals surface area contributed by atoms with Gasteiger partial charge in [0, 0.05) is 11.7 Å². The van der Waals surface area contributed by atoms with Crippen LogP contribution in [0.25, 0.3) is 0 Å². The summed E-state index contributed by atoms with van der Waals surface area (Å²) in [6.45, 7) is 4.54. The van der Waals surface area contributed by atoms with Crippen LogP contribution < -0.4 is 15.8 Å². The van der Waals surface area contributed by atoms with Crippen LogP contribution in [0.5, 0.6) is 5.75 Å². The molecule has 1 aromatic rings. The van der Waals surface area contributed by atoms with E-state index in [4.69, 9.17) is 10.5 Å². The van der Waals surface area contributed by atoms with Gasteiger partial charge in [-0.1, -0.05) is 19.4 Å². The van der Waals surface area contributed by atoms with Crippen LogP contribution in [0.4, 0.5) is 5.69 Å². The summed E-state index contributed by atoms with van der Waals surface area (Å²) in [6.07, 6.45) is 2.17. The molecule has 4 nitrogen and oxygen atoms in total. The van der Waals surface area contributed by atoms with Gasteiger partial charge >= 0.3 is 0 Å². The molecule has 0 bridgehead atoms. The molecule has 1 fully saturated rings. The highest BCUT2D eigenvalue weighted by Gasteiger charge is 2.37. The van der Waals surface area contributed by atoms with Crippen molar-refractivity contribution in [1.82, 2.24) is 5.32 Å². The summed E-state index contributed by atoms with van der Waals surface area (Å²) in [4.78, 5) is 12.2. The van der Waals surface area contributed by atoms with E-state index in [0.29, 0.717) is 35.6 Å². The number of amides is 1. The lowest BCUT2D eigenvalue weighted by atomic mass is 10.1. The Morgan fingerprint density at radius 2 is 2.28 bits per heavy atom. The monoisotopic (exact) mass is 248 g/mol. The lowest BCUT2D eigenvalue weighted by molar-refractivity contribution is 0.0946. The van der Waals surface area contributed by atoms with E-state index >= 15 is 0 Å². The van der Waals surface area contributed by atoms with Crippen molar-refractivity contribution in [3.63, 3.8) is 0 Å². The minimum absolute atomic E-state index is 0.127. The standard InChI is InChI=1S/C14H20N2O2/c1-3-9-8-11(9)16-14(17)13-10(15)6-5-7-12(13)18-4-2/h5-7,9,11H,3-4,8,15H2,1-2H3,(H,16,17). The van der Waals surface area contributed by atoms with Gasteiger partial charge in [-0.05, 0) is 31.4 Å². The van der Waals surface area contributed by atoms with E-state index in [0.717, 1.165) is 12.8 Å². The van der Waals surface area contributed by atoms with Crippen LogP contribution in [0.2, 0.25) is 0 Å². The number of carbonyl (C=O) groups is 1. The number of nitrogens with one attached hydrogen (secondary N) is 1. The van der Waals surface area contributed by atoms with Crippen molar-refractivity contribution < 1.29 is 9.53 Å². The zero-order chi connectivity index (χ0) is 13.1. The minimum Gasteiger partial charge on any atom is -0.493 e. The molecule has 98 valence electrons. The zero-order valence-corrected chi connectivity index (χ0v) is 10.9. The predicted octanol–water partition coefficient (Wildman–Crippen LogP) is 2.20. The number of nitrogen functional groups attached to an aromatic ring is 1.